The summed E-state index contributed by atoms with van der Waals surface area (Å²) in [5, 5.41) is 26.0. The minimum absolute atomic E-state index is 0.0611. The lowest BCUT2D eigenvalue weighted by Gasteiger charge is -2.35. The molecule has 8 nitrogen and oxygen atoms in total. The van der Waals surface area contributed by atoms with E-state index in [0.717, 1.165) is 38.6 Å². The summed E-state index contributed by atoms with van der Waals surface area (Å²) in [5.74, 6) is -0.329. The summed E-state index contributed by atoms with van der Waals surface area (Å²) in [6, 6.07) is 0.293. The van der Waals surface area contributed by atoms with Gasteiger partial charge in [-0.05, 0) is 44.1 Å². The third-order valence-electron chi connectivity index (χ3n) is 6.30. The van der Waals surface area contributed by atoms with E-state index in [1.165, 1.54) is 0 Å². The zero-order valence-electron chi connectivity index (χ0n) is 16.1. The lowest BCUT2D eigenvalue weighted by Crippen LogP contribution is -2.49. The van der Waals surface area contributed by atoms with Gasteiger partial charge in [0, 0.05) is 38.6 Å². The molecule has 0 bridgehead atoms. The number of carboxylic acid groups (broad SMARTS) is 1. The Bertz CT molecular complexity index is 536. The molecule has 3 aliphatic rings. The van der Waals surface area contributed by atoms with Crippen molar-refractivity contribution in [2.45, 2.75) is 56.5 Å². The van der Waals surface area contributed by atoms with Gasteiger partial charge >= 0.3 is 5.97 Å². The Balaban J connectivity index is 1.31. The van der Waals surface area contributed by atoms with Crippen molar-refractivity contribution in [2.75, 3.05) is 33.3 Å². The largest absolute Gasteiger partial charge is 0.477 e. The molecular formula is C19H34N4O4. The Kier molecular flexibility index (Phi) is 7.10. The van der Waals surface area contributed by atoms with Gasteiger partial charge in [0.1, 0.15) is 5.70 Å². The van der Waals surface area contributed by atoms with Crippen LogP contribution in [0.3, 0.4) is 0 Å². The highest BCUT2D eigenvalue weighted by molar-refractivity contribution is 5.86. The first-order chi connectivity index (χ1) is 13.0. The van der Waals surface area contributed by atoms with Crippen LogP contribution in [0.5, 0.6) is 0 Å². The molecule has 1 saturated carbocycles. The number of carbonyl (C=O) groups is 1. The molecule has 0 aromatic heterocycles. The first-order valence-electron chi connectivity index (χ1n) is 10.1. The van der Waals surface area contributed by atoms with Gasteiger partial charge in [0.15, 0.2) is 0 Å². The summed E-state index contributed by atoms with van der Waals surface area (Å²) in [6.07, 6.45) is 6.43. The van der Waals surface area contributed by atoms with E-state index in [4.69, 9.17) is 10.5 Å². The van der Waals surface area contributed by atoms with Crippen LogP contribution in [0.4, 0.5) is 0 Å². The first kappa shape index (κ1) is 20.5. The number of nitrogens with one attached hydrogen (secondary N) is 2. The summed E-state index contributed by atoms with van der Waals surface area (Å²) in [7, 11) is 1.87. The second-order valence-corrected chi connectivity index (χ2v) is 8.13. The predicted molar refractivity (Wildman–Crippen MR) is 102 cm³/mol. The Hall–Kier alpha value is -1.19. The van der Waals surface area contributed by atoms with E-state index in [-0.39, 0.29) is 30.2 Å². The molecule has 0 spiro atoms. The number of likely N-dealkylation sites (N-methyl/N-ethyl adjacent to an activating group) is 1. The molecule has 6 atom stereocenters. The molecule has 2 heterocycles. The minimum atomic E-state index is -0.845. The number of rotatable bonds is 8. The van der Waals surface area contributed by atoms with Crippen LogP contribution >= 0.6 is 0 Å². The monoisotopic (exact) mass is 382 g/mol. The maximum absolute atomic E-state index is 11.3. The standard InChI is InChI=1S/C19H34N4O4/c1-23-15-4-3-14(8-13(15)9-16(23)19(25)26)27-7-6-21-11-17(24)12-2-5-18(20)22-10-12/h9,12-15,17-18,21-22,24H,2-8,10-11,20H2,1H3,(H,25,26)/t12?,13?,14?,15?,17-,18?/m0/s1. The van der Waals surface area contributed by atoms with Crippen molar-refractivity contribution in [1.29, 1.82) is 0 Å². The topological polar surface area (TPSA) is 120 Å². The predicted octanol–water partition coefficient (Wildman–Crippen LogP) is -0.311. The molecule has 5 unspecified atom stereocenters. The fourth-order valence-corrected chi connectivity index (χ4v) is 4.63. The SMILES string of the molecule is CN1C(C(=O)O)=CC2CC(OCCNC[C@H](O)C3CCC(N)NC3)CCC21. The number of piperidine rings is 1. The van der Waals surface area contributed by atoms with Crippen LogP contribution in [0.1, 0.15) is 32.1 Å². The zero-order chi connectivity index (χ0) is 19.4. The Morgan fingerprint density at radius 1 is 1.44 bits per heavy atom. The maximum Gasteiger partial charge on any atom is 0.351 e. The summed E-state index contributed by atoms with van der Waals surface area (Å²) in [4.78, 5) is 13.2. The van der Waals surface area contributed by atoms with Crippen LogP contribution < -0.4 is 16.4 Å². The summed E-state index contributed by atoms with van der Waals surface area (Å²) in [6.45, 7) is 2.65. The van der Waals surface area contributed by atoms with Crippen LogP contribution in [-0.2, 0) is 9.53 Å². The van der Waals surface area contributed by atoms with Crippen molar-refractivity contribution < 1.29 is 19.7 Å². The number of hydrogen-bond acceptors (Lipinski definition) is 7. The fraction of sp³-hybridized carbons (Fsp3) is 0.842. The highest BCUT2D eigenvalue weighted by Crippen LogP contribution is 2.37. The van der Waals surface area contributed by atoms with E-state index in [1.54, 1.807) is 0 Å². The van der Waals surface area contributed by atoms with Gasteiger partial charge in [-0.15, -0.1) is 0 Å². The normalized spacial score (nSPS) is 34.9. The molecule has 0 aromatic rings. The summed E-state index contributed by atoms with van der Waals surface area (Å²) in [5.41, 5.74) is 6.23. The van der Waals surface area contributed by atoms with E-state index in [2.05, 4.69) is 10.6 Å². The average molecular weight is 383 g/mol. The third kappa shape index (κ3) is 5.20. The van der Waals surface area contributed by atoms with Gasteiger partial charge in [-0.1, -0.05) is 0 Å². The minimum Gasteiger partial charge on any atom is -0.477 e. The zero-order valence-corrected chi connectivity index (χ0v) is 16.1. The highest BCUT2D eigenvalue weighted by atomic mass is 16.5. The number of carboxylic acids is 1. The summed E-state index contributed by atoms with van der Waals surface area (Å²) >= 11 is 0. The van der Waals surface area contributed by atoms with Gasteiger partial charge < -0.3 is 36.2 Å². The van der Waals surface area contributed by atoms with Crippen LogP contribution in [0.2, 0.25) is 0 Å². The molecule has 0 aromatic carbocycles. The number of hydrogen-bond donors (Lipinski definition) is 5. The van der Waals surface area contributed by atoms with Crippen molar-refractivity contribution in [1.82, 2.24) is 15.5 Å². The van der Waals surface area contributed by atoms with Crippen molar-refractivity contribution in [3.8, 4) is 0 Å². The summed E-state index contributed by atoms with van der Waals surface area (Å²) < 4.78 is 6.00. The Labute approximate surface area is 161 Å². The van der Waals surface area contributed by atoms with Crippen molar-refractivity contribution in [3.05, 3.63) is 11.8 Å². The van der Waals surface area contributed by atoms with Gasteiger partial charge in [-0.3, -0.25) is 0 Å². The van der Waals surface area contributed by atoms with E-state index in [1.807, 2.05) is 18.0 Å². The molecular weight excluding hydrogens is 348 g/mol. The van der Waals surface area contributed by atoms with E-state index >= 15 is 0 Å². The van der Waals surface area contributed by atoms with Crippen LogP contribution in [0.15, 0.2) is 11.8 Å². The number of fused-ring (bicyclic) bond motifs is 1. The molecule has 8 heteroatoms. The molecule has 3 rings (SSSR count). The molecule has 1 saturated heterocycles. The molecule has 27 heavy (non-hydrogen) atoms. The average Bonchev–Trinajstić information content (AvgIpc) is 2.98. The van der Waals surface area contributed by atoms with Gasteiger partial charge in [0.2, 0.25) is 0 Å². The molecule has 0 radical (unpaired) electrons. The fourth-order valence-electron chi connectivity index (χ4n) is 4.63. The molecule has 6 N–H and O–H groups in total. The number of ether oxygens (including phenoxy) is 1. The lowest BCUT2D eigenvalue weighted by atomic mass is 9.84. The number of aliphatic hydroxyl groups is 1. The Morgan fingerprint density at radius 3 is 2.96 bits per heavy atom. The maximum atomic E-state index is 11.3. The molecule has 154 valence electrons. The quantitative estimate of drug-likeness (QED) is 0.363. The number of nitrogens with zero attached hydrogens (tertiary/aromatic N) is 1. The number of aliphatic carboxylic acids is 1. The van der Waals surface area contributed by atoms with E-state index in [9.17, 15) is 15.0 Å². The molecule has 2 fully saturated rings. The number of nitrogens with two attached hydrogens (primary N) is 1. The second-order valence-electron chi connectivity index (χ2n) is 8.13. The molecule has 1 aliphatic carbocycles. The van der Waals surface area contributed by atoms with Gasteiger partial charge in [-0.25, -0.2) is 4.79 Å². The smallest absolute Gasteiger partial charge is 0.351 e. The Morgan fingerprint density at radius 2 is 2.26 bits per heavy atom. The lowest BCUT2D eigenvalue weighted by molar-refractivity contribution is -0.134. The van der Waals surface area contributed by atoms with Crippen LogP contribution in [-0.4, -0.2) is 78.8 Å². The third-order valence-corrected chi connectivity index (χ3v) is 6.30. The van der Waals surface area contributed by atoms with Crippen molar-refractivity contribution >= 4 is 5.97 Å². The highest BCUT2D eigenvalue weighted by Gasteiger charge is 2.39. The number of aliphatic hydroxyl groups excluding tert-OH is 1. The van der Waals surface area contributed by atoms with Gasteiger partial charge in [-0.2, -0.15) is 0 Å². The van der Waals surface area contributed by atoms with Gasteiger partial charge in [0.05, 0.1) is 25.0 Å². The second kappa shape index (κ2) is 9.34. The molecule has 2 aliphatic heterocycles. The van der Waals surface area contributed by atoms with Crippen molar-refractivity contribution in [2.24, 2.45) is 17.6 Å². The molecule has 0 amide bonds. The van der Waals surface area contributed by atoms with Gasteiger partial charge in [0.25, 0.3) is 0 Å². The van der Waals surface area contributed by atoms with E-state index in [0.29, 0.717) is 31.4 Å². The first-order valence-corrected chi connectivity index (χ1v) is 10.1. The van der Waals surface area contributed by atoms with Crippen LogP contribution in [0, 0.1) is 11.8 Å². The van der Waals surface area contributed by atoms with Crippen LogP contribution in [0.25, 0.3) is 0 Å². The van der Waals surface area contributed by atoms with E-state index < -0.39 is 5.97 Å². The van der Waals surface area contributed by atoms with Crippen molar-refractivity contribution in [3.63, 3.8) is 0 Å².